The van der Waals surface area contributed by atoms with Crippen LogP contribution in [0.1, 0.15) is 25.3 Å². The summed E-state index contributed by atoms with van der Waals surface area (Å²) in [6, 6.07) is 13.1. The van der Waals surface area contributed by atoms with Crippen LogP contribution in [0.25, 0.3) is 0 Å². The van der Waals surface area contributed by atoms with E-state index in [0.717, 1.165) is 15.8 Å². The van der Waals surface area contributed by atoms with Crippen molar-refractivity contribution in [2.75, 3.05) is 17.2 Å². The minimum atomic E-state index is -0.179. The number of ether oxygens (including phenoxy) is 1. The van der Waals surface area contributed by atoms with E-state index in [-0.39, 0.29) is 11.8 Å². The highest BCUT2D eigenvalue weighted by molar-refractivity contribution is 9.10. The molecule has 0 aliphatic rings. The third-order valence-corrected chi connectivity index (χ3v) is 3.87. The molecule has 0 heterocycles. The summed E-state index contributed by atoms with van der Waals surface area (Å²) >= 11 is 3.39. The molecule has 6 heteroatoms. The van der Waals surface area contributed by atoms with E-state index in [2.05, 4.69) is 26.6 Å². The lowest BCUT2D eigenvalue weighted by molar-refractivity contribution is -0.116. The van der Waals surface area contributed by atoms with Gasteiger partial charge in [0.2, 0.25) is 11.8 Å². The van der Waals surface area contributed by atoms with E-state index in [4.69, 9.17) is 4.74 Å². The maximum atomic E-state index is 12.1. The number of anilines is 2. The first-order chi connectivity index (χ1) is 11.9. The van der Waals surface area contributed by atoms with Gasteiger partial charge in [0.1, 0.15) is 5.75 Å². The molecule has 2 aromatic rings. The Balaban J connectivity index is 1.84. The molecule has 0 aliphatic carbocycles. The number of nitrogens with one attached hydrogen (secondary N) is 2. The van der Waals surface area contributed by atoms with E-state index in [9.17, 15) is 9.59 Å². The van der Waals surface area contributed by atoms with Crippen molar-refractivity contribution in [3.63, 3.8) is 0 Å². The van der Waals surface area contributed by atoms with Gasteiger partial charge in [0, 0.05) is 17.8 Å². The Morgan fingerprint density at radius 2 is 1.88 bits per heavy atom. The van der Waals surface area contributed by atoms with Gasteiger partial charge < -0.3 is 15.4 Å². The molecule has 0 radical (unpaired) electrons. The SMILES string of the molecule is CC(=O)Nc1ccc(C)cc1NC(=O)CCCOc1cccc(Br)c1. The third-order valence-electron chi connectivity index (χ3n) is 3.37. The minimum Gasteiger partial charge on any atom is -0.494 e. The van der Waals surface area contributed by atoms with Crippen LogP contribution in [0.2, 0.25) is 0 Å². The third kappa shape index (κ3) is 6.58. The van der Waals surface area contributed by atoms with Crippen LogP contribution in [0.5, 0.6) is 5.75 Å². The van der Waals surface area contributed by atoms with E-state index in [1.165, 1.54) is 6.92 Å². The van der Waals surface area contributed by atoms with Gasteiger partial charge in [0.15, 0.2) is 0 Å². The highest BCUT2D eigenvalue weighted by Gasteiger charge is 2.08. The van der Waals surface area contributed by atoms with Crippen molar-refractivity contribution in [2.45, 2.75) is 26.7 Å². The molecule has 0 aromatic heterocycles. The normalized spacial score (nSPS) is 10.2. The largest absolute Gasteiger partial charge is 0.494 e. The van der Waals surface area contributed by atoms with Gasteiger partial charge in [0.05, 0.1) is 18.0 Å². The summed E-state index contributed by atoms with van der Waals surface area (Å²) in [5.74, 6) is 0.471. The van der Waals surface area contributed by atoms with E-state index in [1.54, 1.807) is 6.07 Å². The van der Waals surface area contributed by atoms with Gasteiger partial charge in [-0.05, 0) is 49.2 Å². The molecule has 2 N–H and O–H groups in total. The zero-order chi connectivity index (χ0) is 18.2. The molecule has 0 bridgehead atoms. The van der Waals surface area contributed by atoms with Crippen molar-refractivity contribution in [1.82, 2.24) is 0 Å². The molecule has 25 heavy (non-hydrogen) atoms. The molecule has 2 aromatic carbocycles. The Bertz CT molecular complexity index is 762. The maximum absolute atomic E-state index is 12.1. The summed E-state index contributed by atoms with van der Waals surface area (Å²) < 4.78 is 6.57. The van der Waals surface area contributed by atoms with Gasteiger partial charge in [-0.25, -0.2) is 0 Å². The van der Waals surface area contributed by atoms with Crippen molar-refractivity contribution < 1.29 is 14.3 Å². The monoisotopic (exact) mass is 404 g/mol. The summed E-state index contributed by atoms with van der Waals surface area (Å²) in [7, 11) is 0. The molecule has 0 atom stereocenters. The van der Waals surface area contributed by atoms with Gasteiger partial charge in [0.25, 0.3) is 0 Å². The molecule has 0 saturated carbocycles. The lowest BCUT2D eigenvalue weighted by atomic mass is 10.2. The lowest BCUT2D eigenvalue weighted by Gasteiger charge is -2.12. The van der Waals surface area contributed by atoms with Crippen LogP contribution in [0.15, 0.2) is 46.9 Å². The summed E-state index contributed by atoms with van der Waals surface area (Å²) in [5, 5.41) is 5.57. The van der Waals surface area contributed by atoms with E-state index < -0.39 is 0 Å². The zero-order valence-corrected chi connectivity index (χ0v) is 15.9. The molecule has 0 unspecified atom stereocenters. The Hall–Kier alpha value is -2.34. The van der Waals surface area contributed by atoms with Crippen molar-refractivity contribution in [3.8, 4) is 5.75 Å². The number of rotatable bonds is 7. The van der Waals surface area contributed by atoms with Gasteiger partial charge in [-0.1, -0.05) is 28.1 Å². The Morgan fingerprint density at radius 1 is 1.08 bits per heavy atom. The summed E-state index contributed by atoms with van der Waals surface area (Å²) in [5.41, 5.74) is 2.20. The molecule has 0 fully saturated rings. The van der Waals surface area contributed by atoms with Crippen LogP contribution in [-0.2, 0) is 9.59 Å². The molecule has 132 valence electrons. The van der Waals surface area contributed by atoms with Crippen molar-refractivity contribution in [1.29, 1.82) is 0 Å². The highest BCUT2D eigenvalue weighted by Crippen LogP contribution is 2.23. The molecule has 0 saturated heterocycles. The van der Waals surface area contributed by atoms with Crippen molar-refractivity contribution in [2.24, 2.45) is 0 Å². The molecular weight excluding hydrogens is 384 g/mol. The molecule has 5 nitrogen and oxygen atoms in total. The molecular formula is C19H21BrN2O3. The number of carbonyl (C=O) groups excluding carboxylic acids is 2. The average molecular weight is 405 g/mol. The van der Waals surface area contributed by atoms with Gasteiger partial charge in [-0.3, -0.25) is 9.59 Å². The van der Waals surface area contributed by atoms with E-state index >= 15 is 0 Å². The van der Waals surface area contributed by atoms with Crippen molar-refractivity contribution >= 4 is 39.1 Å². The summed E-state index contributed by atoms with van der Waals surface area (Å²) in [4.78, 5) is 23.4. The van der Waals surface area contributed by atoms with E-state index in [0.29, 0.717) is 30.8 Å². The average Bonchev–Trinajstić information content (AvgIpc) is 2.54. The first-order valence-electron chi connectivity index (χ1n) is 8.00. The van der Waals surface area contributed by atoms with E-state index in [1.807, 2.05) is 43.3 Å². The predicted octanol–water partition coefficient (Wildman–Crippen LogP) is 4.51. The Morgan fingerprint density at radius 3 is 2.60 bits per heavy atom. The van der Waals surface area contributed by atoms with Crippen LogP contribution in [0.4, 0.5) is 11.4 Å². The number of halogens is 1. The topological polar surface area (TPSA) is 67.4 Å². The molecule has 2 amide bonds. The Labute approximate surface area is 155 Å². The zero-order valence-electron chi connectivity index (χ0n) is 14.3. The lowest BCUT2D eigenvalue weighted by Crippen LogP contribution is -2.15. The fourth-order valence-electron chi connectivity index (χ4n) is 2.25. The second-order valence-electron chi connectivity index (χ2n) is 5.69. The van der Waals surface area contributed by atoms with Gasteiger partial charge in [-0.15, -0.1) is 0 Å². The number of aryl methyl sites for hydroxylation is 1. The van der Waals surface area contributed by atoms with Gasteiger partial charge >= 0.3 is 0 Å². The molecule has 0 spiro atoms. The smallest absolute Gasteiger partial charge is 0.224 e. The van der Waals surface area contributed by atoms with Gasteiger partial charge in [-0.2, -0.15) is 0 Å². The number of benzene rings is 2. The Kier molecular flexibility index (Phi) is 7.01. The van der Waals surface area contributed by atoms with Crippen LogP contribution in [0, 0.1) is 6.92 Å². The first kappa shape index (κ1) is 19.0. The quantitative estimate of drug-likeness (QED) is 0.666. The van der Waals surface area contributed by atoms with Crippen LogP contribution < -0.4 is 15.4 Å². The molecule has 0 aliphatic heterocycles. The standard InChI is InChI=1S/C19H21BrN2O3/c1-13-8-9-17(21-14(2)23)18(11-13)22-19(24)7-4-10-25-16-6-3-5-15(20)12-16/h3,5-6,8-9,11-12H,4,7,10H2,1-2H3,(H,21,23)(H,22,24). The predicted molar refractivity (Wildman–Crippen MR) is 103 cm³/mol. The highest BCUT2D eigenvalue weighted by atomic mass is 79.9. The second kappa shape index (κ2) is 9.22. The van der Waals surface area contributed by atoms with Crippen LogP contribution in [-0.4, -0.2) is 18.4 Å². The summed E-state index contributed by atoms with van der Waals surface area (Å²) in [6.07, 6.45) is 0.932. The fourth-order valence-corrected chi connectivity index (χ4v) is 2.63. The molecule has 2 rings (SSSR count). The number of hydrogen-bond donors (Lipinski definition) is 2. The van der Waals surface area contributed by atoms with Crippen molar-refractivity contribution in [3.05, 3.63) is 52.5 Å². The first-order valence-corrected chi connectivity index (χ1v) is 8.80. The maximum Gasteiger partial charge on any atom is 0.224 e. The second-order valence-corrected chi connectivity index (χ2v) is 6.60. The van der Waals surface area contributed by atoms with Crippen LogP contribution >= 0.6 is 15.9 Å². The minimum absolute atomic E-state index is 0.116. The number of amides is 2. The summed E-state index contributed by atoms with van der Waals surface area (Å²) in [6.45, 7) is 3.82. The fraction of sp³-hybridized carbons (Fsp3) is 0.263. The number of carbonyl (C=O) groups is 2. The number of hydrogen-bond acceptors (Lipinski definition) is 3. The van der Waals surface area contributed by atoms with Crippen LogP contribution in [0.3, 0.4) is 0 Å².